The van der Waals surface area contributed by atoms with Crippen molar-refractivity contribution in [2.45, 2.75) is 17.7 Å². The Balaban J connectivity index is 1.77. The minimum absolute atomic E-state index is 0.109. The first kappa shape index (κ1) is 19.1. The molecule has 0 bridgehead atoms. The number of benzene rings is 1. The van der Waals surface area contributed by atoms with Gasteiger partial charge in [0.15, 0.2) is 0 Å². The van der Waals surface area contributed by atoms with Crippen LogP contribution in [0.5, 0.6) is 0 Å². The average molecular weight is 391 g/mol. The van der Waals surface area contributed by atoms with Crippen molar-refractivity contribution in [1.82, 2.24) is 8.87 Å². The first-order chi connectivity index (χ1) is 12.8. The molecule has 3 rings (SSSR count). The maximum absolute atomic E-state index is 12.6. The summed E-state index contributed by atoms with van der Waals surface area (Å²) in [5.41, 5.74) is 1.08. The fourth-order valence-corrected chi connectivity index (χ4v) is 4.57. The normalized spacial score (nSPS) is 14.9. The molecule has 1 N–H and O–H groups in total. The van der Waals surface area contributed by atoms with Gasteiger partial charge in [0.2, 0.25) is 10.0 Å². The maximum Gasteiger partial charge on any atom is 0.337 e. The largest absolute Gasteiger partial charge is 0.465 e. The number of nitrogens with zero attached hydrogens (tertiary/aromatic N) is 2. The first-order valence-electron chi connectivity index (χ1n) is 8.49. The Bertz CT molecular complexity index is 957. The number of methoxy groups -OCH3 is 1. The molecule has 0 saturated carbocycles. The number of nitrogens with one attached hydrogen (secondary N) is 1. The van der Waals surface area contributed by atoms with Crippen molar-refractivity contribution in [3.8, 4) is 0 Å². The molecule has 2 heterocycles. The lowest BCUT2D eigenvalue weighted by Gasteiger charge is -2.13. The molecule has 1 fully saturated rings. The topological polar surface area (TPSA) is 97.7 Å². The molecule has 8 nitrogen and oxygen atoms in total. The van der Waals surface area contributed by atoms with E-state index in [2.05, 4.69) is 10.1 Å². The van der Waals surface area contributed by atoms with E-state index in [9.17, 15) is 18.0 Å². The number of aryl methyl sites for hydroxylation is 1. The number of sulfonamides is 1. The van der Waals surface area contributed by atoms with Crippen LogP contribution in [0.3, 0.4) is 0 Å². The van der Waals surface area contributed by atoms with E-state index in [0.717, 1.165) is 12.8 Å². The number of rotatable bonds is 5. The Kier molecular flexibility index (Phi) is 5.33. The fraction of sp³-hybridized carbons (Fsp3) is 0.333. The number of carbonyl (C=O) groups excluding carboxylic acids is 2. The third kappa shape index (κ3) is 3.88. The first-order valence-corrected chi connectivity index (χ1v) is 9.93. The van der Waals surface area contributed by atoms with Crippen LogP contribution in [0.2, 0.25) is 0 Å². The van der Waals surface area contributed by atoms with Crippen molar-refractivity contribution >= 4 is 27.6 Å². The summed E-state index contributed by atoms with van der Waals surface area (Å²) in [5.74, 6) is -0.904. The molecule has 9 heteroatoms. The highest BCUT2D eigenvalue weighted by Gasteiger charge is 2.29. The van der Waals surface area contributed by atoms with E-state index in [-0.39, 0.29) is 10.6 Å². The maximum atomic E-state index is 12.6. The molecule has 27 heavy (non-hydrogen) atoms. The summed E-state index contributed by atoms with van der Waals surface area (Å²) in [5, 5.41) is 2.70. The zero-order valence-corrected chi connectivity index (χ0v) is 16.0. The van der Waals surface area contributed by atoms with E-state index in [1.54, 1.807) is 19.2 Å². The van der Waals surface area contributed by atoms with Crippen LogP contribution in [-0.2, 0) is 21.8 Å². The second-order valence-corrected chi connectivity index (χ2v) is 8.24. The van der Waals surface area contributed by atoms with E-state index in [1.807, 2.05) is 0 Å². The highest BCUT2D eigenvalue weighted by Crippen LogP contribution is 2.23. The molecule has 2 aromatic rings. The highest BCUT2D eigenvalue weighted by molar-refractivity contribution is 7.89. The van der Waals surface area contributed by atoms with Crippen molar-refractivity contribution in [2.24, 2.45) is 7.05 Å². The van der Waals surface area contributed by atoms with Gasteiger partial charge >= 0.3 is 5.97 Å². The molecule has 0 radical (unpaired) electrons. The third-order valence-corrected chi connectivity index (χ3v) is 6.34. The molecule has 1 aliphatic heterocycles. The molecular formula is C18H21N3O5S. The summed E-state index contributed by atoms with van der Waals surface area (Å²) in [6, 6.07) is 7.61. The van der Waals surface area contributed by atoms with Gasteiger partial charge in [-0.25, -0.2) is 13.2 Å². The molecule has 1 aromatic heterocycles. The Morgan fingerprint density at radius 1 is 1.11 bits per heavy atom. The number of esters is 1. The van der Waals surface area contributed by atoms with Crippen LogP contribution in [0.25, 0.3) is 0 Å². The number of amides is 1. The Labute approximate surface area is 157 Å². The molecule has 1 amide bonds. The van der Waals surface area contributed by atoms with Gasteiger partial charge in [0.25, 0.3) is 5.91 Å². The average Bonchev–Trinajstić information content (AvgIpc) is 3.32. The van der Waals surface area contributed by atoms with Crippen LogP contribution >= 0.6 is 0 Å². The van der Waals surface area contributed by atoms with Crippen LogP contribution in [-0.4, -0.2) is 49.4 Å². The summed E-state index contributed by atoms with van der Waals surface area (Å²) in [6.07, 6.45) is 3.14. The lowest BCUT2D eigenvalue weighted by Crippen LogP contribution is -2.27. The molecule has 1 aliphatic rings. The highest BCUT2D eigenvalue weighted by atomic mass is 32.2. The van der Waals surface area contributed by atoms with Crippen LogP contribution < -0.4 is 5.32 Å². The number of carbonyl (C=O) groups is 2. The van der Waals surface area contributed by atoms with E-state index in [0.29, 0.717) is 24.3 Å². The van der Waals surface area contributed by atoms with Gasteiger partial charge in [-0.15, -0.1) is 0 Å². The number of anilines is 1. The Morgan fingerprint density at radius 3 is 2.33 bits per heavy atom. The number of hydrogen-bond donors (Lipinski definition) is 1. The second kappa shape index (κ2) is 7.53. The second-order valence-electron chi connectivity index (χ2n) is 6.31. The number of hydrogen-bond acceptors (Lipinski definition) is 5. The monoisotopic (exact) mass is 391 g/mol. The fourth-order valence-electron chi connectivity index (χ4n) is 2.98. The lowest BCUT2D eigenvalue weighted by molar-refractivity contribution is 0.0600. The minimum atomic E-state index is -3.58. The van der Waals surface area contributed by atoms with Crippen molar-refractivity contribution in [1.29, 1.82) is 0 Å². The summed E-state index contributed by atoms with van der Waals surface area (Å²) < 4.78 is 32.9. The zero-order valence-electron chi connectivity index (χ0n) is 15.1. The van der Waals surface area contributed by atoms with Gasteiger partial charge < -0.3 is 14.6 Å². The van der Waals surface area contributed by atoms with Crippen molar-refractivity contribution < 1.29 is 22.7 Å². The third-order valence-electron chi connectivity index (χ3n) is 4.48. The van der Waals surface area contributed by atoms with Crippen molar-refractivity contribution in [3.05, 3.63) is 47.8 Å². The molecular weight excluding hydrogens is 370 g/mol. The van der Waals surface area contributed by atoms with Crippen LogP contribution in [0.1, 0.15) is 33.7 Å². The smallest absolute Gasteiger partial charge is 0.337 e. The number of aromatic nitrogens is 1. The van der Waals surface area contributed by atoms with Gasteiger partial charge in [-0.1, -0.05) is 0 Å². The quantitative estimate of drug-likeness (QED) is 0.785. The van der Waals surface area contributed by atoms with Gasteiger partial charge in [0.1, 0.15) is 10.6 Å². The SMILES string of the molecule is COC(=O)c1ccc(NC(=O)c2cc(S(=O)(=O)N3CCCC3)cn2C)cc1. The van der Waals surface area contributed by atoms with E-state index in [4.69, 9.17) is 0 Å². The van der Waals surface area contributed by atoms with Gasteiger partial charge in [0.05, 0.1) is 12.7 Å². The van der Waals surface area contributed by atoms with Crippen LogP contribution in [0, 0.1) is 0 Å². The molecule has 0 aliphatic carbocycles. The van der Waals surface area contributed by atoms with Crippen molar-refractivity contribution in [2.75, 3.05) is 25.5 Å². The molecule has 1 saturated heterocycles. The lowest BCUT2D eigenvalue weighted by atomic mass is 10.2. The van der Waals surface area contributed by atoms with Gasteiger partial charge in [-0.05, 0) is 43.2 Å². The predicted molar refractivity (Wildman–Crippen MR) is 99.1 cm³/mol. The summed E-state index contributed by atoms with van der Waals surface area (Å²) in [6.45, 7) is 1.01. The zero-order chi connectivity index (χ0) is 19.6. The molecule has 0 atom stereocenters. The predicted octanol–water partition coefficient (Wildman–Crippen LogP) is 1.85. The molecule has 144 valence electrons. The Hall–Kier alpha value is -2.65. The summed E-state index contributed by atoms with van der Waals surface area (Å²) in [4.78, 5) is 24.1. The molecule has 0 unspecified atom stereocenters. The van der Waals surface area contributed by atoms with Gasteiger partial charge in [-0.3, -0.25) is 4.79 Å². The Morgan fingerprint density at radius 2 is 1.74 bits per heavy atom. The minimum Gasteiger partial charge on any atom is -0.465 e. The standard InChI is InChI=1S/C18H21N3O5S/c1-20-12-15(27(24,25)21-9-3-4-10-21)11-16(20)17(22)19-14-7-5-13(6-8-14)18(23)26-2/h5-8,11-12H,3-4,9-10H2,1-2H3,(H,19,22). The van der Waals surface area contributed by atoms with Crippen LogP contribution in [0.15, 0.2) is 41.4 Å². The summed E-state index contributed by atoms with van der Waals surface area (Å²) >= 11 is 0. The van der Waals surface area contributed by atoms with E-state index in [1.165, 1.54) is 40.4 Å². The summed E-state index contributed by atoms with van der Waals surface area (Å²) in [7, 11) is -0.668. The van der Waals surface area contributed by atoms with E-state index >= 15 is 0 Å². The van der Waals surface area contributed by atoms with Crippen molar-refractivity contribution in [3.63, 3.8) is 0 Å². The van der Waals surface area contributed by atoms with E-state index < -0.39 is 21.9 Å². The van der Waals surface area contributed by atoms with Gasteiger partial charge in [-0.2, -0.15) is 4.31 Å². The van der Waals surface area contributed by atoms with Gasteiger partial charge in [0, 0.05) is 32.0 Å². The van der Waals surface area contributed by atoms with Crippen LogP contribution in [0.4, 0.5) is 5.69 Å². The number of ether oxygens (including phenoxy) is 1. The molecule has 0 spiro atoms. The molecule has 1 aromatic carbocycles.